The van der Waals surface area contributed by atoms with Crippen LogP contribution >= 0.6 is 11.6 Å². The van der Waals surface area contributed by atoms with E-state index in [0.717, 1.165) is 0 Å². The molecule has 96 valence electrons. The van der Waals surface area contributed by atoms with Crippen LogP contribution in [0.1, 0.15) is 5.56 Å². The number of benzene rings is 1. The van der Waals surface area contributed by atoms with Crippen LogP contribution in [-0.4, -0.2) is 35.6 Å². The van der Waals surface area contributed by atoms with E-state index in [9.17, 15) is 9.18 Å². The number of rotatable bonds is 3. The van der Waals surface area contributed by atoms with Crippen LogP contribution in [0.4, 0.5) is 4.39 Å². The van der Waals surface area contributed by atoms with E-state index in [1.165, 1.54) is 18.2 Å². The van der Waals surface area contributed by atoms with Crippen LogP contribution in [0.15, 0.2) is 24.3 Å². The van der Waals surface area contributed by atoms with Crippen LogP contribution in [-0.2, 0) is 4.79 Å². The minimum absolute atomic E-state index is 0.0360. The number of hydrogen-bond donors (Lipinski definition) is 1. The second-order valence-electron chi connectivity index (χ2n) is 4.30. The van der Waals surface area contributed by atoms with Crippen LogP contribution in [0.25, 0.3) is 6.08 Å². The third-order valence-electron chi connectivity index (χ3n) is 2.89. The SMILES string of the molecule is O=C(C=Cc1ccc(F)c(Cl)c1)N1CC(CO)C1. The van der Waals surface area contributed by atoms with Gasteiger partial charge < -0.3 is 10.0 Å². The second-order valence-corrected chi connectivity index (χ2v) is 4.71. The summed E-state index contributed by atoms with van der Waals surface area (Å²) in [6, 6.07) is 4.28. The van der Waals surface area contributed by atoms with Crippen molar-refractivity contribution in [3.63, 3.8) is 0 Å². The van der Waals surface area contributed by atoms with Crippen molar-refractivity contribution in [3.05, 3.63) is 40.7 Å². The Kier molecular flexibility index (Phi) is 3.99. The van der Waals surface area contributed by atoms with Crippen LogP contribution in [0.2, 0.25) is 5.02 Å². The Bertz CT molecular complexity index is 484. The van der Waals surface area contributed by atoms with Gasteiger partial charge in [-0.15, -0.1) is 0 Å². The molecule has 0 saturated carbocycles. The fraction of sp³-hybridized carbons (Fsp3) is 0.308. The molecule has 18 heavy (non-hydrogen) atoms. The van der Waals surface area contributed by atoms with Crippen molar-refractivity contribution >= 4 is 23.6 Å². The quantitative estimate of drug-likeness (QED) is 0.852. The third kappa shape index (κ3) is 2.89. The molecule has 0 aliphatic carbocycles. The molecule has 3 nitrogen and oxygen atoms in total. The number of carbonyl (C=O) groups is 1. The van der Waals surface area contributed by atoms with Gasteiger partial charge in [0.05, 0.1) is 5.02 Å². The summed E-state index contributed by atoms with van der Waals surface area (Å²) in [5, 5.41) is 8.88. The average molecular weight is 270 g/mol. The molecule has 1 aromatic carbocycles. The number of halogens is 2. The molecule has 0 atom stereocenters. The number of hydrogen-bond acceptors (Lipinski definition) is 2. The highest BCUT2D eigenvalue weighted by molar-refractivity contribution is 6.30. The zero-order valence-electron chi connectivity index (χ0n) is 9.64. The van der Waals surface area contributed by atoms with Gasteiger partial charge in [0.1, 0.15) is 5.82 Å². The van der Waals surface area contributed by atoms with Crippen molar-refractivity contribution in [2.24, 2.45) is 5.92 Å². The molecule has 1 aliphatic heterocycles. The molecule has 1 N–H and O–H groups in total. The van der Waals surface area contributed by atoms with Gasteiger partial charge in [-0.25, -0.2) is 4.39 Å². The summed E-state index contributed by atoms with van der Waals surface area (Å²) in [5.41, 5.74) is 0.675. The molecule has 0 radical (unpaired) electrons. The molecule has 1 amide bonds. The fourth-order valence-electron chi connectivity index (χ4n) is 1.75. The van der Waals surface area contributed by atoms with Gasteiger partial charge in [-0.1, -0.05) is 17.7 Å². The molecular formula is C13H13ClFNO2. The first-order chi connectivity index (χ1) is 8.60. The molecule has 0 spiro atoms. The topological polar surface area (TPSA) is 40.5 Å². The molecule has 1 fully saturated rings. The van der Waals surface area contributed by atoms with Crippen LogP contribution in [0, 0.1) is 11.7 Å². The maximum atomic E-state index is 12.9. The van der Waals surface area contributed by atoms with Gasteiger partial charge in [-0.2, -0.15) is 0 Å². The van der Waals surface area contributed by atoms with Crippen molar-refractivity contribution in [3.8, 4) is 0 Å². The Morgan fingerprint density at radius 1 is 1.56 bits per heavy atom. The first kappa shape index (κ1) is 13.1. The summed E-state index contributed by atoms with van der Waals surface area (Å²) in [7, 11) is 0. The van der Waals surface area contributed by atoms with Gasteiger partial charge in [-0.3, -0.25) is 4.79 Å². The van der Waals surface area contributed by atoms with Gasteiger partial charge in [0.2, 0.25) is 5.91 Å². The monoisotopic (exact) mass is 269 g/mol. The fourth-order valence-corrected chi connectivity index (χ4v) is 1.94. The van der Waals surface area contributed by atoms with Crippen LogP contribution in [0.5, 0.6) is 0 Å². The van der Waals surface area contributed by atoms with Gasteiger partial charge in [0, 0.05) is 31.7 Å². The lowest BCUT2D eigenvalue weighted by Gasteiger charge is -2.37. The van der Waals surface area contributed by atoms with Gasteiger partial charge in [-0.05, 0) is 23.8 Å². The Balaban J connectivity index is 1.94. The van der Waals surface area contributed by atoms with E-state index in [2.05, 4.69) is 0 Å². The Hall–Kier alpha value is -1.39. The smallest absolute Gasteiger partial charge is 0.246 e. The minimum atomic E-state index is -0.478. The first-order valence-electron chi connectivity index (χ1n) is 5.63. The first-order valence-corrected chi connectivity index (χ1v) is 6.01. The van der Waals surface area contributed by atoms with Gasteiger partial charge in [0.15, 0.2) is 0 Å². The van der Waals surface area contributed by atoms with E-state index in [-0.39, 0.29) is 23.5 Å². The molecule has 0 aromatic heterocycles. The normalized spacial score (nSPS) is 16.1. The minimum Gasteiger partial charge on any atom is -0.396 e. The third-order valence-corrected chi connectivity index (χ3v) is 3.18. The van der Waals surface area contributed by atoms with Crippen molar-refractivity contribution in [1.82, 2.24) is 4.90 Å². The summed E-state index contributed by atoms with van der Waals surface area (Å²) >= 11 is 5.64. The number of carbonyl (C=O) groups excluding carboxylic acids is 1. The number of nitrogens with zero attached hydrogens (tertiary/aromatic N) is 1. The lowest BCUT2D eigenvalue weighted by Crippen LogP contribution is -2.50. The van der Waals surface area contributed by atoms with Crippen molar-refractivity contribution in [2.45, 2.75) is 0 Å². The Labute approximate surface area is 109 Å². The zero-order valence-corrected chi connectivity index (χ0v) is 10.4. The van der Waals surface area contributed by atoms with E-state index in [1.807, 2.05) is 0 Å². The highest BCUT2D eigenvalue weighted by Gasteiger charge is 2.28. The predicted molar refractivity (Wildman–Crippen MR) is 67.6 cm³/mol. The molecule has 5 heteroatoms. The van der Waals surface area contributed by atoms with Crippen molar-refractivity contribution < 1.29 is 14.3 Å². The molecule has 1 aliphatic rings. The molecule has 1 heterocycles. The van der Waals surface area contributed by atoms with Crippen molar-refractivity contribution in [2.75, 3.05) is 19.7 Å². The maximum Gasteiger partial charge on any atom is 0.246 e. The van der Waals surface area contributed by atoms with Gasteiger partial charge in [0.25, 0.3) is 0 Å². The number of aliphatic hydroxyl groups excluding tert-OH is 1. The second kappa shape index (κ2) is 5.50. The number of aliphatic hydroxyl groups is 1. The molecule has 0 unspecified atom stereocenters. The molecule has 1 saturated heterocycles. The van der Waals surface area contributed by atoms with Crippen LogP contribution in [0.3, 0.4) is 0 Å². The maximum absolute atomic E-state index is 12.9. The van der Waals surface area contributed by atoms with E-state index < -0.39 is 5.82 Å². The highest BCUT2D eigenvalue weighted by Crippen LogP contribution is 2.18. The predicted octanol–water partition coefficient (Wildman–Crippen LogP) is 1.94. The van der Waals surface area contributed by atoms with E-state index in [4.69, 9.17) is 16.7 Å². The summed E-state index contributed by atoms with van der Waals surface area (Å²) in [6.45, 7) is 1.29. The van der Waals surface area contributed by atoms with E-state index >= 15 is 0 Å². The lowest BCUT2D eigenvalue weighted by molar-refractivity contribution is -0.132. The summed E-state index contributed by atoms with van der Waals surface area (Å²) in [4.78, 5) is 13.3. The molecule has 2 rings (SSSR count). The average Bonchev–Trinajstić information content (AvgIpc) is 2.29. The summed E-state index contributed by atoms with van der Waals surface area (Å²) < 4.78 is 12.9. The summed E-state index contributed by atoms with van der Waals surface area (Å²) in [5.74, 6) is -0.392. The summed E-state index contributed by atoms with van der Waals surface area (Å²) in [6.07, 6.45) is 3.02. The molecular weight excluding hydrogens is 257 g/mol. The molecule has 1 aromatic rings. The lowest BCUT2D eigenvalue weighted by atomic mass is 10.0. The highest BCUT2D eigenvalue weighted by atomic mass is 35.5. The van der Waals surface area contributed by atoms with Crippen molar-refractivity contribution in [1.29, 1.82) is 0 Å². The van der Waals surface area contributed by atoms with E-state index in [1.54, 1.807) is 17.0 Å². The van der Waals surface area contributed by atoms with Gasteiger partial charge >= 0.3 is 0 Å². The number of likely N-dealkylation sites (tertiary alicyclic amines) is 1. The number of amides is 1. The largest absolute Gasteiger partial charge is 0.396 e. The van der Waals surface area contributed by atoms with E-state index in [0.29, 0.717) is 18.7 Å². The Morgan fingerprint density at radius 3 is 2.89 bits per heavy atom. The zero-order chi connectivity index (χ0) is 13.1. The standard InChI is InChI=1S/C13H13ClFNO2/c14-11-5-9(1-3-12(11)15)2-4-13(18)16-6-10(7-16)8-17/h1-5,10,17H,6-8H2. The Morgan fingerprint density at radius 2 is 2.28 bits per heavy atom. The van der Waals surface area contributed by atoms with Crippen LogP contribution < -0.4 is 0 Å². The molecule has 0 bridgehead atoms.